The summed E-state index contributed by atoms with van der Waals surface area (Å²) < 4.78 is 4.96. The minimum atomic E-state index is -0.429. The van der Waals surface area contributed by atoms with Crippen molar-refractivity contribution >= 4 is 28.8 Å². The molecule has 2 heterocycles. The lowest BCUT2D eigenvalue weighted by atomic mass is 10.1. The molecule has 7 heteroatoms. The number of aryl methyl sites for hydroxylation is 1. The predicted octanol–water partition coefficient (Wildman–Crippen LogP) is 3.08. The normalized spacial score (nSPS) is 10.4. The minimum absolute atomic E-state index is 0.139. The van der Waals surface area contributed by atoms with Crippen LogP contribution >= 0.6 is 11.3 Å². The zero-order valence-electron chi connectivity index (χ0n) is 12.9. The number of carbonyl (C=O) groups is 2. The van der Waals surface area contributed by atoms with Gasteiger partial charge in [0.25, 0.3) is 5.91 Å². The van der Waals surface area contributed by atoms with Crippen LogP contribution in [0.3, 0.4) is 0 Å². The van der Waals surface area contributed by atoms with Gasteiger partial charge in [0, 0.05) is 16.6 Å². The summed E-state index contributed by atoms with van der Waals surface area (Å²) in [6, 6.07) is 10.6. The van der Waals surface area contributed by atoms with Crippen molar-refractivity contribution in [3.63, 3.8) is 0 Å². The standard InChI is InChI=1S/C17H15N3O3S/c1-11-19-14(10-24-11)12-4-2-5-13(8-12)20-16(21)9-18-17(22)15-6-3-7-23-15/h2-8,10H,9H2,1H3,(H,18,22)(H,20,21). The third-order valence-electron chi connectivity index (χ3n) is 3.22. The molecule has 122 valence electrons. The molecule has 6 nitrogen and oxygen atoms in total. The molecule has 0 atom stereocenters. The molecule has 0 aliphatic heterocycles. The first-order valence-corrected chi connectivity index (χ1v) is 8.14. The molecule has 24 heavy (non-hydrogen) atoms. The molecule has 0 saturated heterocycles. The summed E-state index contributed by atoms with van der Waals surface area (Å²) in [6.07, 6.45) is 1.40. The lowest BCUT2D eigenvalue weighted by Gasteiger charge is -2.07. The average Bonchev–Trinajstić information content (AvgIpc) is 3.24. The number of aromatic nitrogens is 1. The molecule has 3 rings (SSSR count). The molecule has 0 spiro atoms. The van der Waals surface area contributed by atoms with Crippen molar-refractivity contribution in [2.45, 2.75) is 6.92 Å². The second kappa shape index (κ2) is 7.10. The van der Waals surface area contributed by atoms with E-state index in [1.165, 1.54) is 12.3 Å². The summed E-state index contributed by atoms with van der Waals surface area (Å²) in [5.41, 5.74) is 2.45. The second-order valence-electron chi connectivity index (χ2n) is 5.04. The molecule has 0 aliphatic carbocycles. The van der Waals surface area contributed by atoms with Crippen LogP contribution in [0.15, 0.2) is 52.5 Å². The highest BCUT2D eigenvalue weighted by atomic mass is 32.1. The van der Waals surface area contributed by atoms with Crippen molar-refractivity contribution in [3.05, 3.63) is 58.8 Å². The van der Waals surface area contributed by atoms with Crippen LogP contribution in [-0.2, 0) is 4.79 Å². The van der Waals surface area contributed by atoms with Gasteiger partial charge in [-0.05, 0) is 31.2 Å². The van der Waals surface area contributed by atoms with Crippen molar-refractivity contribution in [2.75, 3.05) is 11.9 Å². The number of benzene rings is 1. The maximum Gasteiger partial charge on any atom is 0.287 e. The number of furan rings is 1. The Balaban J connectivity index is 1.59. The van der Waals surface area contributed by atoms with E-state index in [4.69, 9.17) is 4.42 Å². The molecule has 2 N–H and O–H groups in total. The number of rotatable bonds is 5. The van der Waals surface area contributed by atoms with E-state index in [0.29, 0.717) is 5.69 Å². The number of nitrogens with one attached hydrogen (secondary N) is 2. The molecule has 0 saturated carbocycles. The van der Waals surface area contributed by atoms with Crippen molar-refractivity contribution in [1.82, 2.24) is 10.3 Å². The number of carbonyl (C=O) groups excluding carboxylic acids is 2. The topological polar surface area (TPSA) is 84.2 Å². The Hall–Kier alpha value is -2.93. The third kappa shape index (κ3) is 3.88. The van der Waals surface area contributed by atoms with Crippen LogP contribution in [0.4, 0.5) is 5.69 Å². The smallest absolute Gasteiger partial charge is 0.287 e. The predicted molar refractivity (Wildman–Crippen MR) is 92.0 cm³/mol. The highest BCUT2D eigenvalue weighted by Gasteiger charge is 2.11. The summed E-state index contributed by atoms with van der Waals surface area (Å²) in [5.74, 6) is -0.577. The SMILES string of the molecule is Cc1nc(-c2cccc(NC(=O)CNC(=O)c3ccco3)c2)cs1. The van der Waals surface area contributed by atoms with E-state index in [0.717, 1.165) is 16.3 Å². The Kier molecular flexibility index (Phi) is 4.72. The summed E-state index contributed by atoms with van der Waals surface area (Å²) in [7, 11) is 0. The van der Waals surface area contributed by atoms with Gasteiger partial charge in [-0.15, -0.1) is 11.3 Å². The molecular formula is C17H15N3O3S. The number of hydrogen-bond donors (Lipinski definition) is 2. The highest BCUT2D eigenvalue weighted by Crippen LogP contribution is 2.24. The first kappa shape index (κ1) is 15.9. The van der Waals surface area contributed by atoms with Gasteiger partial charge < -0.3 is 15.1 Å². The fraction of sp³-hybridized carbons (Fsp3) is 0.118. The molecule has 3 aromatic rings. The van der Waals surface area contributed by atoms with Gasteiger partial charge >= 0.3 is 0 Å². The monoisotopic (exact) mass is 341 g/mol. The Morgan fingerprint density at radius 1 is 1.25 bits per heavy atom. The molecule has 2 aromatic heterocycles. The Bertz CT molecular complexity index is 856. The Morgan fingerprint density at radius 2 is 2.12 bits per heavy atom. The fourth-order valence-electron chi connectivity index (χ4n) is 2.11. The van der Waals surface area contributed by atoms with Crippen LogP contribution in [0.1, 0.15) is 15.6 Å². The molecule has 0 radical (unpaired) electrons. The van der Waals surface area contributed by atoms with E-state index in [-0.39, 0.29) is 18.2 Å². The Labute approximate surface area is 142 Å². The average molecular weight is 341 g/mol. The number of thiazole rings is 1. The van der Waals surface area contributed by atoms with Crippen molar-refractivity contribution in [3.8, 4) is 11.3 Å². The van der Waals surface area contributed by atoms with Crippen molar-refractivity contribution in [2.24, 2.45) is 0 Å². The van der Waals surface area contributed by atoms with E-state index < -0.39 is 5.91 Å². The minimum Gasteiger partial charge on any atom is -0.459 e. The molecule has 1 aromatic carbocycles. The van der Waals surface area contributed by atoms with Gasteiger partial charge in [-0.3, -0.25) is 9.59 Å². The van der Waals surface area contributed by atoms with Gasteiger partial charge in [0.15, 0.2) is 5.76 Å². The van der Waals surface area contributed by atoms with Gasteiger partial charge in [0.05, 0.1) is 23.5 Å². The van der Waals surface area contributed by atoms with E-state index in [1.807, 2.05) is 30.5 Å². The summed E-state index contributed by atoms with van der Waals surface area (Å²) in [5, 5.41) is 8.21. The lowest BCUT2D eigenvalue weighted by Crippen LogP contribution is -2.32. The number of amides is 2. The fourth-order valence-corrected chi connectivity index (χ4v) is 2.73. The number of hydrogen-bond acceptors (Lipinski definition) is 5. The summed E-state index contributed by atoms with van der Waals surface area (Å²) in [6.45, 7) is 1.81. The van der Waals surface area contributed by atoms with Gasteiger partial charge in [0.1, 0.15) is 0 Å². The second-order valence-corrected chi connectivity index (χ2v) is 6.10. The first-order valence-electron chi connectivity index (χ1n) is 7.26. The first-order chi connectivity index (χ1) is 11.6. The van der Waals surface area contributed by atoms with Crippen LogP contribution in [0.5, 0.6) is 0 Å². The molecule has 0 fully saturated rings. The zero-order chi connectivity index (χ0) is 16.9. The zero-order valence-corrected chi connectivity index (χ0v) is 13.7. The van der Waals surface area contributed by atoms with E-state index >= 15 is 0 Å². The molecule has 0 unspecified atom stereocenters. The van der Waals surface area contributed by atoms with Gasteiger partial charge in [-0.2, -0.15) is 0 Å². The maximum absolute atomic E-state index is 12.0. The highest BCUT2D eigenvalue weighted by molar-refractivity contribution is 7.09. The number of nitrogens with zero attached hydrogens (tertiary/aromatic N) is 1. The third-order valence-corrected chi connectivity index (χ3v) is 3.99. The summed E-state index contributed by atoms with van der Waals surface area (Å²) in [4.78, 5) is 28.1. The van der Waals surface area contributed by atoms with Crippen LogP contribution in [0.2, 0.25) is 0 Å². The van der Waals surface area contributed by atoms with Crippen molar-refractivity contribution < 1.29 is 14.0 Å². The molecular weight excluding hydrogens is 326 g/mol. The molecule has 0 bridgehead atoms. The summed E-state index contributed by atoms with van der Waals surface area (Å²) >= 11 is 1.57. The molecule has 0 aliphatic rings. The molecule has 2 amide bonds. The van der Waals surface area contributed by atoms with E-state index in [2.05, 4.69) is 15.6 Å². The number of anilines is 1. The lowest BCUT2D eigenvalue weighted by molar-refractivity contribution is -0.115. The van der Waals surface area contributed by atoms with Gasteiger partial charge in [-0.25, -0.2) is 4.98 Å². The largest absolute Gasteiger partial charge is 0.459 e. The van der Waals surface area contributed by atoms with Gasteiger partial charge in [-0.1, -0.05) is 12.1 Å². The van der Waals surface area contributed by atoms with Crippen LogP contribution in [0.25, 0.3) is 11.3 Å². The van der Waals surface area contributed by atoms with E-state index in [1.54, 1.807) is 23.5 Å². The van der Waals surface area contributed by atoms with Crippen LogP contribution in [-0.4, -0.2) is 23.3 Å². The van der Waals surface area contributed by atoms with Crippen molar-refractivity contribution in [1.29, 1.82) is 0 Å². The van der Waals surface area contributed by atoms with Crippen LogP contribution < -0.4 is 10.6 Å². The van der Waals surface area contributed by atoms with E-state index in [9.17, 15) is 9.59 Å². The maximum atomic E-state index is 12.0. The quantitative estimate of drug-likeness (QED) is 0.747. The van der Waals surface area contributed by atoms with Gasteiger partial charge in [0.2, 0.25) is 5.91 Å². The van der Waals surface area contributed by atoms with Crippen LogP contribution in [0, 0.1) is 6.92 Å². The Morgan fingerprint density at radius 3 is 2.83 bits per heavy atom.